The van der Waals surface area contributed by atoms with Crippen LogP contribution in [0.2, 0.25) is 0 Å². The van der Waals surface area contributed by atoms with Crippen LogP contribution in [0.25, 0.3) is 6.08 Å². The van der Waals surface area contributed by atoms with Gasteiger partial charge in [-0.1, -0.05) is 12.1 Å². The third kappa shape index (κ3) is 3.74. The molecule has 2 rings (SSSR count). The van der Waals surface area contributed by atoms with E-state index in [1.54, 1.807) is 24.3 Å². The van der Waals surface area contributed by atoms with Gasteiger partial charge in [0.1, 0.15) is 5.84 Å². The van der Waals surface area contributed by atoms with E-state index < -0.39 is 11.6 Å². The maximum atomic E-state index is 13.2. The van der Waals surface area contributed by atoms with Crippen molar-refractivity contribution in [1.29, 1.82) is 10.8 Å². The van der Waals surface area contributed by atoms with Gasteiger partial charge in [0.2, 0.25) is 0 Å². The highest BCUT2D eigenvalue weighted by Gasteiger charge is 2.06. The summed E-state index contributed by atoms with van der Waals surface area (Å²) in [6.45, 7) is 1.81. The number of anilines is 2. The van der Waals surface area contributed by atoms with Crippen LogP contribution in [-0.4, -0.2) is 17.2 Å². The molecule has 0 aliphatic carbocycles. The van der Waals surface area contributed by atoms with Crippen LogP contribution < -0.4 is 11.1 Å². The van der Waals surface area contributed by atoms with E-state index in [1.807, 2.05) is 6.92 Å². The minimum atomic E-state index is -0.711. The Bertz CT molecular complexity index is 799. The van der Waals surface area contributed by atoms with Crippen molar-refractivity contribution in [2.45, 2.75) is 6.92 Å². The second-order valence-electron chi connectivity index (χ2n) is 4.97. The van der Waals surface area contributed by atoms with Crippen molar-refractivity contribution in [3.8, 4) is 5.75 Å². The van der Waals surface area contributed by atoms with Crippen molar-refractivity contribution in [2.75, 3.05) is 11.1 Å². The Labute approximate surface area is 133 Å². The summed E-state index contributed by atoms with van der Waals surface area (Å²) in [6, 6.07) is 7.39. The summed E-state index contributed by atoms with van der Waals surface area (Å²) >= 11 is 0. The minimum absolute atomic E-state index is 0.0993. The number of phenolic OH excluding ortho intramolecular Hbond substituents is 1. The van der Waals surface area contributed by atoms with E-state index in [4.69, 9.17) is 21.7 Å². The molecule has 0 saturated heterocycles. The van der Waals surface area contributed by atoms with E-state index in [-0.39, 0.29) is 5.84 Å². The van der Waals surface area contributed by atoms with Crippen LogP contribution in [0.1, 0.15) is 16.7 Å². The first-order chi connectivity index (χ1) is 10.9. The molecule has 0 fully saturated rings. The average Bonchev–Trinajstić information content (AvgIpc) is 2.52. The molecular formula is C17H17FN4O. The van der Waals surface area contributed by atoms with E-state index in [9.17, 15) is 4.39 Å². The molecular weight excluding hydrogens is 295 g/mol. The molecule has 118 valence electrons. The molecule has 0 amide bonds. The second-order valence-corrected chi connectivity index (χ2v) is 4.97. The quantitative estimate of drug-likeness (QED) is 0.339. The number of nitrogens with one attached hydrogen (secondary N) is 3. The van der Waals surface area contributed by atoms with Gasteiger partial charge in [0.05, 0.1) is 0 Å². The molecule has 0 radical (unpaired) electrons. The van der Waals surface area contributed by atoms with Gasteiger partial charge in [0, 0.05) is 23.2 Å². The SMILES string of the molecule is Cc1c(NC(=N)/C=C/c2ccc(O)c(F)c2)ccc(N)c1C=N. The van der Waals surface area contributed by atoms with E-state index in [0.717, 1.165) is 5.56 Å². The summed E-state index contributed by atoms with van der Waals surface area (Å²) in [5.74, 6) is -1.02. The Morgan fingerprint density at radius 3 is 2.70 bits per heavy atom. The van der Waals surface area contributed by atoms with Crippen LogP contribution in [-0.2, 0) is 0 Å². The molecule has 0 bridgehead atoms. The third-order valence-electron chi connectivity index (χ3n) is 3.38. The monoisotopic (exact) mass is 312 g/mol. The van der Waals surface area contributed by atoms with Crippen molar-refractivity contribution in [3.63, 3.8) is 0 Å². The van der Waals surface area contributed by atoms with Crippen LogP contribution in [0, 0.1) is 23.6 Å². The van der Waals surface area contributed by atoms with Crippen molar-refractivity contribution >= 4 is 29.5 Å². The van der Waals surface area contributed by atoms with Crippen LogP contribution in [0.5, 0.6) is 5.75 Å². The van der Waals surface area contributed by atoms with Crippen molar-refractivity contribution in [1.82, 2.24) is 0 Å². The molecule has 2 aromatic rings. The Morgan fingerprint density at radius 1 is 1.30 bits per heavy atom. The lowest BCUT2D eigenvalue weighted by Crippen LogP contribution is -2.10. The number of nitrogen functional groups attached to an aromatic ring is 1. The number of hydrogen-bond donors (Lipinski definition) is 5. The lowest BCUT2D eigenvalue weighted by Gasteiger charge is -2.12. The normalized spacial score (nSPS) is 10.7. The Morgan fingerprint density at radius 2 is 2.04 bits per heavy atom. The molecule has 6 heteroatoms. The molecule has 0 heterocycles. The Kier molecular flexibility index (Phi) is 4.75. The first kappa shape index (κ1) is 16.2. The highest BCUT2D eigenvalue weighted by atomic mass is 19.1. The number of benzene rings is 2. The van der Waals surface area contributed by atoms with Gasteiger partial charge in [-0.2, -0.15) is 0 Å². The van der Waals surface area contributed by atoms with Gasteiger partial charge in [-0.05, 0) is 48.4 Å². The number of amidine groups is 1. The summed E-state index contributed by atoms with van der Waals surface area (Å²) < 4.78 is 13.2. The van der Waals surface area contributed by atoms with E-state index >= 15 is 0 Å². The highest BCUT2D eigenvalue weighted by molar-refractivity contribution is 6.05. The van der Waals surface area contributed by atoms with E-state index in [1.165, 1.54) is 24.4 Å². The lowest BCUT2D eigenvalue weighted by atomic mass is 10.1. The molecule has 23 heavy (non-hydrogen) atoms. The molecule has 0 saturated carbocycles. The number of nitrogens with two attached hydrogens (primary N) is 1. The molecule has 0 aliphatic heterocycles. The second kappa shape index (κ2) is 6.74. The standard InChI is InChI=1S/C17H17FN4O/c1-10-12(9-19)14(20)4-5-15(10)22-17(21)7-3-11-2-6-16(23)13(18)8-11/h2-9,19,23H,20H2,1H3,(H2,21,22)/b7-3+,19-9?. The van der Waals surface area contributed by atoms with E-state index in [0.29, 0.717) is 22.5 Å². The smallest absolute Gasteiger partial charge is 0.165 e. The molecule has 0 atom stereocenters. The van der Waals surface area contributed by atoms with Gasteiger partial charge in [-0.25, -0.2) is 4.39 Å². The molecule has 0 spiro atoms. The Hall–Kier alpha value is -3.15. The van der Waals surface area contributed by atoms with Crippen molar-refractivity contribution in [3.05, 3.63) is 58.9 Å². The van der Waals surface area contributed by atoms with Gasteiger partial charge in [-0.15, -0.1) is 0 Å². The van der Waals surface area contributed by atoms with Gasteiger partial charge in [-0.3, -0.25) is 5.41 Å². The van der Waals surface area contributed by atoms with E-state index in [2.05, 4.69) is 5.32 Å². The minimum Gasteiger partial charge on any atom is -0.505 e. The third-order valence-corrected chi connectivity index (χ3v) is 3.38. The Balaban J connectivity index is 2.15. The topological polar surface area (TPSA) is 106 Å². The van der Waals surface area contributed by atoms with Crippen LogP contribution in [0.15, 0.2) is 36.4 Å². The highest BCUT2D eigenvalue weighted by Crippen LogP contribution is 2.23. The summed E-state index contributed by atoms with van der Waals surface area (Å²) in [5.41, 5.74) is 8.87. The number of halogens is 1. The van der Waals surface area contributed by atoms with Gasteiger partial charge in [0.25, 0.3) is 0 Å². The fourth-order valence-electron chi connectivity index (χ4n) is 2.07. The fourth-order valence-corrected chi connectivity index (χ4v) is 2.07. The molecule has 0 aliphatic rings. The maximum Gasteiger partial charge on any atom is 0.165 e. The molecule has 0 unspecified atom stereocenters. The van der Waals surface area contributed by atoms with Crippen LogP contribution in [0.3, 0.4) is 0 Å². The molecule has 5 nitrogen and oxygen atoms in total. The van der Waals surface area contributed by atoms with Crippen molar-refractivity contribution < 1.29 is 9.50 Å². The summed E-state index contributed by atoms with van der Waals surface area (Å²) in [5, 5.41) is 27.3. The van der Waals surface area contributed by atoms with Gasteiger partial charge in [0.15, 0.2) is 11.6 Å². The predicted octanol–water partition coefficient (Wildman–Crippen LogP) is 3.52. The fraction of sp³-hybridized carbons (Fsp3) is 0.0588. The first-order valence-corrected chi connectivity index (χ1v) is 6.84. The summed E-state index contributed by atoms with van der Waals surface area (Å²) in [7, 11) is 0. The zero-order valence-electron chi connectivity index (χ0n) is 12.5. The van der Waals surface area contributed by atoms with Gasteiger partial charge >= 0.3 is 0 Å². The summed E-state index contributed by atoms with van der Waals surface area (Å²) in [4.78, 5) is 0. The van der Waals surface area contributed by atoms with Crippen molar-refractivity contribution in [2.24, 2.45) is 0 Å². The van der Waals surface area contributed by atoms with Crippen LogP contribution >= 0.6 is 0 Å². The number of aromatic hydroxyl groups is 1. The van der Waals surface area contributed by atoms with Gasteiger partial charge < -0.3 is 21.6 Å². The predicted molar refractivity (Wildman–Crippen MR) is 91.9 cm³/mol. The zero-order valence-corrected chi connectivity index (χ0v) is 12.5. The largest absolute Gasteiger partial charge is 0.505 e. The molecule has 2 aromatic carbocycles. The number of rotatable bonds is 4. The average molecular weight is 312 g/mol. The number of hydrogen-bond acceptors (Lipinski definition) is 4. The maximum absolute atomic E-state index is 13.2. The first-order valence-electron chi connectivity index (χ1n) is 6.84. The molecule has 6 N–H and O–H groups in total. The lowest BCUT2D eigenvalue weighted by molar-refractivity contribution is 0.432. The summed E-state index contributed by atoms with van der Waals surface area (Å²) in [6.07, 6.45) is 4.21. The zero-order chi connectivity index (χ0) is 17.0. The van der Waals surface area contributed by atoms with Crippen LogP contribution in [0.4, 0.5) is 15.8 Å². The molecule has 0 aromatic heterocycles. The number of phenols is 1.